The first kappa shape index (κ1) is 13.0. The number of rotatable bonds is 3. The Labute approximate surface area is 97.7 Å². The van der Waals surface area contributed by atoms with Gasteiger partial charge in [-0.15, -0.1) is 0 Å². The van der Waals surface area contributed by atoms with Crippen LogP contribution in [0.3, 0.4) is 0 Å². The molecule has 0 bridgehead atoms. The van der Waals surface area contributed by atoms with Gasteiger partial charge in [0, 0.05) is 6.20 Å². The van der Waals surface area contributed by atoms with Gasteiger partial charge in [0.1, 0.15) is 12.0 Å². The molecule has 0 saturated heterocycles. The van der Waals surface area contributed by atoms with Crippen LogP contribution in [0.2, 0.25) is 0 Å². The molecule has 0 aliphatic carbocycles. The fourth-order valence-corrected chi connectivity index (χ4v) is 1.57. The minimum absolute atomic E-state index is 0.0368. The molecule has 7 heteroatoms. The van der Waals surface area contributed by atoms with Gasteiger partial charge in [-0.3, -0.25) is 4.79 Å². The zero-order valence-corrected chi connectivity index (χ0v) is 9.68. The third kappa shape index (κ3) is 2.38. The highest BCUT2D eigenvalue weighted by Crippen LogP contribution is 2.24. The minimum atomic E-state index is -1.06. The van der Waals surface area contributed by atoms with Gasteiger partial charge in [-0.25, -0.2) is 9.59 Å². The molecular formula is C10H13NO6. The van der Waals surface area contributed by atoms with E-state index >= 15 is 0 Å². The van der Waals surface area contributed by atoms with E-state index in [1.54, 1.807) is 0 Å². The van der Waals surface area contributed by atoms with Crippen molar-refractivity contribution in [1.29, 1.82) is 0 Å². The lowest BCUT2D eigenvalue weighted by Crippen LogP contribution is -2.42. The number of methoxy groups -OCH3 is 3. The molecule has 0 radical (unpaired) electrons. The van der Waals surface area contributed by atoms with E-state index in [9.17, 15) is 14.4 Å². The second-order valence-electron chi connectivity index (χ2n) is 3.26. The molecule has 94 valence electrons. The van der Waals surface area contributed by atoms with Crippen LogP contribution >= 0.6 is 0 Å². The summed E-state index contributed by atoms with van der Waals surface area (Å²) >= 11 is 0. The van der Waals surface area contributed by atoms with E-state index in [1.165, 1.54) is 27.5 Å². The average molecular weight is 243 g/mol. The van der Waals surface area contributed by atoms with E-state index in [2.05, 4.69) is 19.5 Å². The fourth-order valence-electron chi connectivity index (χ4n) is 1.57. The Balaban J connectivity index is 2.98. The molecule has 1 rings (SSSR count). The molecular weight excluding hydrogens is 230 g/mol. The van der Waals surface area contributed by atoms with Gasteiger partial charge >= 0.3 is 17.9 Å². The van der Waals surface area contributed by atoms with Crippen molar-refractivity contribution in [2.45, 2.75) is 6.04 Å². The lowest BCUT2D eigenvalue weighted by molar-refractivity contribution is -0.153. The van der Waals surface area contributed by atoms with Crippen LogP contribution in [0.15, 0.2) is 11.8 Å². The van der Waals surface area contributed by atoms with Gasteiger partial charge in [-0.2, -0.15) is 0 Å². The summed E-state index contributed by atoms with van der Waals surface area (Å²) in [5.41, 5.74) is 0.0368. The van der Waals surface area contributed by atoms with E-state index in [4.69, 9.17) is 0 Å². The van der Waals surface area contributed by atoms with E-state index in [0.717, 1.165) is 0 Å². The van der Waals surface area contributed by atoms with Gasteiger partial charge in [0.2, 0.25) is 0 Å². The van der Waals surface area contributed by atoms with E-state index in [-0.39, 0.29) is 5.57 Å². The summed E-state index contributed by atoms with van der Waals surface area (Å²) in [6, 6.07) is -0.971. The highest BCUT2D eigenvalue weighted by atomic mass is 16.5. The van der Waals surface area contributed by atoms with Crippen molar-refractivity contribution in [1.82, 2.24) is 5.32 Å². The minimum Gasteiger partial charge on any atom is -0.468 e. The van der Waals surface area contributed by atoms with Crippen LogP contribution in [0.4, 0.5) is 0 Å². The second-order valence-corrected chi connectivity index (χ2v) is 3.26. The Hall–Kier alpha value is -2.05. The SMILES string of the molecule is COC(=O)C1=CN[C@@H](C(=O)OC)[C@H]1C(=O)OC. The normalized spacial score (nSPS) is 22.2. The summed E-state index contributed by atoms with van der Waals surface area (Å²) in [4.78, 5) is 34.4. The molecule has 1 heterocycles. The van der Waals surface area contributed by atoms with Crippen LogP contribution in [0.5, 0.6) is 0 Å². The summed E-state index contributed by atoms with van der Waals surface area (Å²) in [6.07, 6.45) is 1.26. The zero-order valence-electron chi connectivity index (χ0n) is 9.68. The molecule has 17 heavy (non-hydrogen) atoms. The van der Waals surface area contributed by atoms with Crippen molar-refractivity contribution >= 4 is 17.9 Å². The molecule has 7 nitrogen and oxygen atoms in total. The van der Waals surface area contributed by atoms with Crippen LogP contribution < -0.4 is 5.32 Å². The number of carbonyl (C=O) groups excluding carboxylic acids is 3. The first-order valence-electron chi connectivity index (χ1n) is 4.76. The molecule has 0 fully saturated rings. The second kappa shape index (κ2) is 5.33. The van der Waals surface area contributed by atoms with Crippen molar-refractivity contribution in [2.24, 2.45) is 5.92 Å². The highest BCUT2D eigenvalue weighted by Gasteiger charge is 2.44. The van der Waals surface area contributed by atoms with Crippen LogP contribution in [-0.2, 0) is 28.6 Å². The highest BCUT2D eigenvalue weighted by molar-refractivity contribution is 6.00. The maximum absolute atomic E-state index is 11.6. The first-order valence-corrected chi connectivity index (χ1v) is 4.76. The summed E-state index contributed by atoms with van der Waals surface area (Å²) < 4.78 is 13.6. The molecule has 2 atom stereocenters. The van der Waals surface area contributed by atoms with Crippen LogP contribution in [0.25, 0.3) is 0 Å². The fraction of sp³-hybridized carbons (Fsp3) is 0.500. The standard InChI is InChI=1S/C10H13NO6/c1-15-8(12)5-4-11-7(10(14)17-3)6(5)9(13)16-2/h4,6-7,11H,1-3H3/t6-,7+/m0/s1. The maximum Gasteiger partial charge on any atom is 0.336 e. The number of hydrogen-bond acceptors (Lipinski definition) is 7. The number of esters is 3. The van der Waals surface area contributed by atoms with Gasteiger partial charge in [0.25, 0.3) is 0 Å². The molecule has 1 aliphatic rings. The Kier molecular flexibility index (Phi) is 4.08. The van der Waals surface area contributed by atoms with Crippen molar-refractivity contribution in [3.8, 4) is 0 Å². The van der Waals surface area contributed by atoms with Gasteiger partial charge in [-0.05, 0) is 0 Å². The Bertz CT molecular complexity index is 375. The predicted octanol–water partition coefficient (Wildman–Crippen LogP) is -1.02. The smallest absolute Gasteiger partial charge is 0.336 e. The van der Waals surface area contributed by atoms with Gasteiger partial charge < -0.3 is 19.5 Å². The quantitative estimate of drug-likeness (QED) is 0.501. The monoisotopic (exact) mass is 243 g/mol. The Morgan fingerprint density at radius 3 is 2.12 bits per heavy atom. The molecule has 0 aromatic rings. The topological polar surface area (TPSA) is 90.9 Å². The third-order valence-electron chi connectivity index (χ3n) is 2.42. The van der Waals surface area contributed by atoms with Gasteiger partial charge in [-0.1, -0.05) is 0 Å². The predicted molar refractivity (Wildman–Crippen MR) is 54.5 cm³/mol. The van der Waals surface area contributed by atoms with Gasteiger partial charge in [0.05, 0.1) is 26.9 Å². The van der Waals surface area contributed by atoms with Crippen LogP contribution in [0.1, 0.15) is 0 Å². The van der Waals surface area contributed by atoms with Crippen molar-refractivity contribution < 1.29 is 28.6 Å². The molecule has 0 aromatic heterocycles. The number of carbonyl (C=O) groups is 3. The van der Waals surface area contributed by atoms with Gasteiger partial charge in [0.15, 0.2) is 0 Å². The van der Waals surface area contributed by atoms with E-state index < -0.39 is 29.9 Å². The molecule has 0 aromatic carbocycles. The molecule has 0 saturated carbocycles. The summed E-state index contributed by atoms with van der Waals surface area (Å²) in [6.45, 7) is 0. The number of hydrogen-bond donors (Lipinski definition) is 1. The van der Waals surface area contributed by atoms with E-state index in [1.807, 2.05) is 0 Å². The molecule has 0 unspecified atom stereocenters. The molecule has 1 aliphatic heterocycles. The average Bonchev–Trinajstić information content (AvgIpc) is 2.80. The van der Waals surface area contributed by atoms with Crippen molar-refractivity contribution in [3.05, 3.63) is 11.8 Å². The summed E-state index contributed by atoms with van der Waals surface area (Å²) in [5.74, 6) is -3.11. The lowest BCUT2D eigenvalue weighted by atomic mass is 9.95. The largest absolute Gasteiger partial charge is 0.468 e. The summed E-state index contributed by atoms with van der Waals surface area (Å²) in [5, 5.41) is 2.60. The number of ether oxygens (including phenoxy) is 3. The third-order valence-corrected chi connectivity index (χ3v) is 2.42. The Morgan fingerprint density at radius 2 is 1.65 bits per heavy atom. The van der Waals surface area contributed by atoms with Crippen LogP contribution in [0, 0.1) is 5.92 Å². The molecule has 0 amide bonds. The Morgan fingerprint density at radius 1 is 1.06 bits per heavy atom. The van der Waals surface area contributed by atoms with Crippen molar-refractivity contribution in [2.75, 3.05) is 21.3 Å². The summed E-state index contributed by atoms with van der Waals surface area (Å²) in [7, 11) is 3.54. The van der Waals surface area contributed by atoms with E-state index in [0.29, 0.717) is 0 Å². The number of nitrogens with one attached hydrogen (secondary N) is 1. The van der Waals surface area contributed by atoms with Crippen LogP contribution in [-0.4, -0.2) is 45.3 Å². The zero-order chi connectivity index (χ0) is 13.0. The molecule has 0 spiro atoms. The van der Waals surface area contributed by atoms with Crippen molar-refractivity contribution in [3.63, 3.8) is 0 Å². The lowest BCUT2D eigenvalue weighted by Gasteiger charge is -2.17. The molecule has 1 N–H and O–H groups in total. The first-order chi connectivity index (χ1) is 8.06. The maximum atomic E-state index is 11.6.